The van der Waals surface area contributed by atoms with E-state index in [1.807, 2.05) is 32.5 Å². The van der Waals surface area contributed by atoms with Gasteiger partial charge in [0.25, 0.3) is 0 Å². The number of rotatable bonds is 1. The third-order valence-corrected chi connectivity index (χ3v) is 2.52. The molecule has 2 aliphatic rings. The third kappa shape index (κ3) is 1.93. The Kier molecular flexibility index (Phi) is 2.58. The van der Waals surface area contributed by atoms with E-state index in [0.29, 0.717) is 13.2 Å². The van der Waals surface area contributed by atoms with E-state index in [0.717, 1.165) is 12.1 Å². The zero-order valence-electron chi connectivity index (χ0n) is 9.06. The van der Waals surface area contributed by atoms with Crippen molar-refractivity contribution < 1.29 is 14.1 Å². The summed E-state index contributed by atoms with van der Waals surface area (Å²) in [6, 6.07) is 0. The number of amides is 1. The molecule has 0 aromatic heterocycles. The predicted molar refractivity (Wildman–Crippen MR) is 57.0 cm³/mol. The Morgan fingerprint density at radius 1 is 1.67 bits per heavy atom. The Bertz CT molecular complexity index is 380. The molecule has 4 heteroatoms. The lowest BCUT2D eigenvalue weighted by Gasteiger charge is -2.17. The van der Waals surface area contributed by atoms with Crippen LogP contribution in [0, 0.1) is 0 Å². The van der Waals surface area contributed by atoms with Crippen molar-refractivity contribution in [3.8, 4) is 0 Å². The van der Waals surface area contributed by atoms with E-state index in [2.05, 4.69) is 4.90 Å². The first-order chi connectivity index (χ1) is 7.20. The van der Waals surface area contributed by atoms with Crippen molar-refractivity contribution in [1.29, 1.82) is 0 Å². The number of ether oxygens (including phenoxy) is 1. The van der Waals surface area contributed by atoms with Gasteiger partial charge in [-0.3, -0.25) is 0 Å². The van der Waals surface area contributed by atoms with Crippen LogP contribution in [0.1, 0.15) is 6.92 Å². The average molecular weight is 207 g/mol. The van der Waals surface area contributed by atoms with Gasteiger partial charge < -0.3 is 9.64 Å². The molecule has 1 amide bonds. The predicted octanol–water partition coefficient (Wildman–Crippen LogP) is 0.996. The van der Waals surface area contributed by atoms with Gasteiger partial charge in [0.15, 0.2) is 12.8 Å². The normalized spacial score (nSPS) is 19.1. The van der Waals surface area contributed by atoms with Crippen LogP contribution in [0.5, 0.6) is 0 Å². The summed E-state index contributed by atoms with van der Waals surface area (Å²) < 4.78 is 6.57. The van der Waals surface area contributed by atoms with E-state index in [1.54, 1.807) is 4.58 Å². The van der Waals surface area contributed by atoms with Crippen LogP contribution in [-0.4, -0.2) is 48.5 Å². The maximum absolute atomic E-state index is 11.5. The second-order valence-electron chi connectivity index (χ2n) is 3.75. The molecule has 0 bridgehead atoms. The van der Waals surface area contributed by atoms with E-state index < -0.39 is 0 Å². The van der Waals surface area contributed by atoms with Gasteiger partial charge >= 0.3 is 6.09 Å². The number of hydrogen-bond acceptors (Lipinski definition) is 3. The first-order valence-corrected chi connectivity index (χ1v) is 5.09. The highest BCUT2D eigenvalue weighted by molar-refractivity contribution is 5.85. The van der Waals surface area contributed by atoms with E-state index in [4.69, 9.17) is 4.74 Å². The van der Waals surface area contributed by atoms with Crippen LogP contribution >= 0.6 is 0 Å². The summed E-state index contributed by atoms with van der Waals surface area (Å²) in [5.41, 5.74) is 2.41. The molecule has 0 aromatic rings. The number of allylic oxidation sites excluding steroid dienone is 2. The Hall–Kier alpha value is -1.58. The first-order valence-electron chi connectivity index (χ1n) is 5.09. The highest BCUT2D eigenvalue weighted by Gasteiger charge is 2.29. The van der Waals surface area contributed by atoms with Gasteiger partial charge in [-0.05, 0) is 19.2 Å². The van der Waals surface area contributed by atoms with Crippen molar-refractivity contribution in [3.63, 3.8) is 0 Å². The lowest BCUT2D eigenvalue weighted by molar-refractivity contribution is -0.429. The zero-order chi connectivity index (χ0) is 10.8. The van der Waals surface area contributed by atoms with E-state index in [1.165, 1.54) is 5.57 Å². The topological polar surface area (TPSA) is 32.6 Å². The largest absolute Gasteiger partial charge is 0.596 e. The van der Waals surface area contributed by atoms with Crippen LogP contribution in [0.4, 0.5) is 4.79 Å². The summed E-state index contributed by atoms with van der Waals surface area (Å²) in [6.45, 7) is 3.78. The fraction of sp³-hybridized carbons (Fsp3) is 0.455. The molecule has 0 spiro atoms. The van der Waals surface area contributed by atoms with Crippen molar-refractivity contribution in [1.82, 2.24) is 4.90 Å². The second-order valence-corrected chi connectivity index (χ2v) is 3.75. The molecular weight excluding hydrogens is 192 g/mol. The van der Waals surface area contributed by atoms with Crippen LogP contribution in [0.15, 0.2) is 23.4 Å². The van der Waals surface area contributed by atoms with E-state index >= 15 is 0 Å². The maximum atomic E-state index is 11.5. The molecule has 15 heavy (non-hydrogen) atoms. The molecule has 2 heterocycles. The summed E-state index contributed by atoms with van der Waals surface area (Å²) in [4.78, 5) is 13.6. The molecule has 0 aliphatic carbocycles. The number of carbonyl (C=O) groups excluding carboxylic acids is 1. The van der Waals surface area contributed by atoms with Crippen LogP contribution in [0.2, 0.25) is 0 Å². The summed E-state index contributed by atoms with van der Waals surface area (Å²) in [5, 5.41) is 0. The third-order valence-electron chi connectivity index (χ3n) is 2.52. The molecule has 2 aliphatic heterocycles. The van der Waals surface area contributed by atoms with Gasteiger partial charge in [-0.2, -0.15) is 4.79 Å². The van der Waals surface area contributed by atoms with Gasteiger partial charge in [-0.25, -0.2) is 0 Å². The molecular formula is C11H15N2O2+. The van der Waals surface area contributed by atoms with Gasteiger partial charge in [0.05, 0.1) is 6.61 Å². The van der Waals surface area contributed by atoms with Crippen molar-refractivity contribution in [2.75, 3.05) is 26.7 Å². The first kappa shape index (κ1) is 9.96. The highest BCUT2D eigenvalue weighted by Crippen LogP contribution is 2.17. The number of carbonyl (C=O) groups is 1. The Morgan fingerprint density at radius 2 is 2.47 bits per heavy atom. The fourth-order valence-electron chi connectivity index (χ4n) is 1.79. The summed E-state index contributed by atoms with van der Waals surface area (Å²) >= 11 is 0. The van der Waals surface area contributed by atoms with E-state index in [-0.39, 0.29) is 6.09 Å². The molecule has 80 valence electrons. The maximum Gasteiger partial charge on any atom is 0.596 e. The van der Waals surface area contributed by atoms with Crippen LogP contribution in [0.25, 0.3) is 0 Å². The summed E-state index contributed by atoms with van der Waals surface area (Å²) in [6.07, 6.45) is 5.64. The smallest absolute Gasteiger partial charge is 0.412 e. The summed E-state index contributed by atoms with van der Waals surface area (Å²) in [5.74, 6) is 0. The molecule has 4 nitrogen and oxygen atoms in total. The molecule has 0 aromatic carbocycles. The van der Waals surface area contributed by atoms with Crippen molar-refractivity contribution in [3.05, 3.63) is 23.4 Å². The fourth-order valence-corrected chi connectivity index (χ4v) is 1.79. The highest BCUT2D eigenvalue weighted by atomic mass is 16.5. The van der Waals surface area contributed by atoms with Crippen molar-refractivity contribution >= 4 is 12.3 Å². The minimum atomic E-state index is -0.261. The van der Waals surface area contributed by atoms with Gasteiger partial charge in [0.1, 0.15) is 0 Å². The van der Waals surface area contributed by atoms with Gasteiger partial charge in [-0.15, -0.1) is 4.58 Å². The number of likely N-dealkylation sites (N-methyl/N-ethyl adjacent to an activating group) is 1. The molecule has 0 unspecified atom stereocenters. The van der Waals surface area contributed by atoms with Crippen LogP contribution in [0.3, 0.4) is 0 Å². The lowest BCUT2D eigenvalue weighted by Crippen LogP contribution is -2.24. The quantitative estimate of drug-likeness (QED) is 0.601. The monoisotopic (exact) mass is 207 g/mol. The lowest BCUT2D eigenvalue weighted by atomic mass is 10.1. The van der Waals surface area contributed by atoms with Crippen LogP contribution in [-0.2, 0) is 4.74 Å². The van der Waals surface area contributed by atoms with Gasteiger partial charge in [0.2, 0.25) is 0 Å². The van der Waals surface area contributed by atoms with E-state index in [9.17, 15) is 4.79 Å². The van der Waals surface area contributed by atoms with Crippen molar-refractivity contribution in [2.45, 2.75) is 6.92 Å². The number of nitrogens with zero attached hydrogens (tertiary/aromatic N) is 2. The molecule has 0 saturated heterocycles. The minimum absolute atomic E-state index is 0.261. The van der Waals surface area contributed by atoms with Crippen LogP contribution < -0.4 is 0 Å². The van der Waals surface area contributed by atoms with Gasteiger partial charge in [0, 0.05) is 24.7 Å². The number of hydrogen-bond donors (Lipinski definition) is 0. The average Bonchev–Trinajstić information content (AvgIpc) is 2.60. The SMILES string of the molecule is CCOC(=O)[N+]1=CC2=C(CN(C)C=C2)C1. The molecule has 2 rings (SSSR count). The Balaban J connectivity index is 2.07. The summed E-state index contributed by atoms with van der Waals surface area (Å²) in [7, 11) is 2.02. The molecule has 0 N–H and O–H groups in total. The van der Waals surface area contributed by atoms with Gasteiger partial charge in [-0.1, -0.05) is 0 Å². The molecule has 0 atom stereocenters. The zero-order valence-corrected chi connectivity index (χ0v) is 9.06. The molecule has 0 saturated carbocycles. The Labute approximate surface area is 89.1 Å². The molecule has 0 radical (unpaired) electrons. The molecule has 0 fully saturated rings. The second kappa shape index (κ2) is 3.88. The standard InChI is InChI=1S/C11H15N2O2/c1-3-15-11(14)13-7-9-4-5-12(2)6-10(9)8-13/h4-5,7H,3,6,8H2,1-2H3/q+1. The minimum Gasteiger partial charge on any atom is -0.412 e. The Morgan fingerprint density at radius 3 is 3.20 bits per heavy atom. The van der Waals surface area contributed by atoms with Crippen molar-refractivity contribution in [2.24, 2.45) is 0 Å².